The number of ether oxygens (including phenoxy) is 2. The highest BCUT2D eigenvalue weighted by molar-refractivity contribution is 6.30. The highest BCUT2D eigenvalue weighted by Crippen LogP contribution is 2.59. The van der Waals surface area contributed by atoms with Gasteiger partial charge in [0, 0.05) is 23.7 Å². The van der Waals surface area contributed by atoms with Gasteiger partial charge in [-0.05, 0) is 63.1 Å². The summed E-state index contributed by atoms with van der Waals surface area (Å²) >= 11 is 6.07. The number of hydrogen-bond donors (Lipinski definition) is 2. The maximum absolute atomic E-state index is 14.1. The maximum Gasteiger partial charge on any atom is 0.246 e. The van der Waals surface area contributed by atoms with Crippen LogP contribution in [-0.4, -0.2) is 52.5 Å². The molecule has 2 N–H and O–H groups in total. The average Bonchev–Trinajstić information content (AvgIpc) is 3.44. The molecule has 2 fully saturated rings. The molecule has 206 valence electrons. The van der Waals surface area contributed by atoms with Gasteiger partial charge in [0.15, 0.2) is 0 Å². The number of nitrogens with zero attached hydrogens (tertiary/aromatic N) is 1. The average molecular weight is 552 g/mol. The molecule has 0 unspecified atom stereocenters. The van der Waals surface area contributed by atoms with Crippen molar-refractivity contribution >= 4 is 29.3 Å². The van der Waals surface area contributed by atoms with Gasteiger partial charge in [-0.2, -0.15) is 0 Å². The Morgan fingerprint density at radius 1 is 1.03 bits per heavy atom. The van der Waals surface area contributed by atoms with Crippen molar-refractivity contribution in [3.05, 3.63) is 76.8 Å². The number of halogens is 1. The van der Waals surface area contributed by atoms with Gasteiger partial charge in [0.1, 0.15) is 17.4 Å². The van der Waals surface area contributed by atoms with Crippen molar-refractivity contribution in [2.45, 2.75) is 63.6 Å². The molecule has 3 aliphatic heterocycles. The van der Waals surface area contributed by atoms with Gasteiger partial charge in [-0.3, -0.25) is 14.4 Å². The number of amides is 3. The predicted octanol–water partition coefficient (Wildman–Crippen LogP) is 3.62. The van der Waals surface area contributed by atoms with Gasteiger partial charge in [0.2, 0.25) is 17.7 Å². The Hall–Kier alpha value is -3.36. The van der Waals surface area contributed by atoms with Crippen molar-refractivity contribution in [3.63, 3.8) is 0 Å². The summed E-state index contributed by atoms with van der Waals surface area (Å²) < 4.78 is 11.8. The molecule has 0 radical (unpaired) electrons. The molecule has 3 aliphatic rings. The Bertz CT molecular complexity index is 1320. The van der Waals surface area contributed by atoms with Crippen LogP contribution in [0.2, 0.25) is 5.02 Å². The Labute approximate surface area is 233 Å². The SMILES string of the molecule is COc1ccc(CNC(=O)[C@H]2[C@H]3C(=O)N(Cc4ccc(Cl)cc4)[C@H](C(=O)NC(C)(C)C)[C@]34C=C[C@@]2(C)O4)cc1. The molecule has 39 heavy (non-hydrogen) atoms. The maximum atomic E-state index is 14.1. The summed E-state index contributed by atoms with van der Waals surface area (Å²) in [5.74, 6) is -1.80. The van der Waals surface area contributed by atoms with Crippen molar-refractivity contribution in [2.75, 3.05) is 7.11 Å². The zero-order valence-corrected chi connectivity index (χ0v) is 23.5. The van der Waals surface area contributed by atoms with Crippen molar-refractivity contribution in [1.82, 2.24) is 15.5 Å². The van der Waals surface area contributed by atoms with E-state index in [-0.39, 0.29) is 30.8 Å². The van der Waals surface area contributed by atoms with Crippen LogP contribution < -0.4 is 15.4 Å². The summed E-state index contributed by atoms with van der Waals surface area (Å²) in [6.07, 6.45) is 3.65. The van der Waals surface area contributed by atoms with Crippen LogP contribution in [0.3, 0.4) is 0 Å². The monoisotopic (exact) mass is 551 g/mol. The Kier molecular flexibility index (Phi) is 6.75. The van der Waals surface area contributed by atoms with E-state index >= 15 is 0 Å². The number of fused-ring (bicyclic) bond motifs is 1. The van der Waals surface area contributed by atoms with Crippen LogP contribution in [0.4, 0.5) is 0 Å². The Balaban J connectivity index is 1.46. The molecule has 2 bridgehead atoms. The van der Waals surface area contributed by atoms with Crippen molar-refractivity contribution in [1.29, 1.82) is 0 Å². The molecular weight excluding hydrogens is 518 g/mol. The molecule has 0 saturated carbocycles. The normalized spacial score (nSPS) is 28.9. The van der Waals surface area contributed by atoms with Crippen molar-refractivity contribution in [3.8, 4) is 5.75 Å². The quantitative estimate of drug-likeness (QED) is 0.512. The molecule has 9 heteroatoms. The number of rotatable bonds is 7. The fourth-order valence-corrected chi connectivity index (χ4v) is 6.19. The number of nitrogens with one attached hydrogen (secondary N) is 2. The van der Waals surface area contributed by atoms with E-state index in [2.05, 4.69) is 10.6 Å². The molecule has 1 spiro atoms. The summed E-state index contributed by atoms with van der Waals surface area (Å²) in [5, 5.41) is 6.60. The second kappa shape index (κ2) is 9.68. The van der Waals surface area contributed by atoms with Gasteiger partial charge in [0.05, 0.1) is 24.5 Å². The van der Waals surface area contributed by atoms with Crippen LogP contribution >= 0.6 is 11.6 Å². The summed E-state index contributed by atoms with van der Waals surface area (Å²) in [4.78, 5) is 43.2. The van der Waals surface area contributed by atoms with E-state index in [0.29, 0.717) is 5.02 Å². The van der Waals surface area contributed by atoms with E-state index in [0.717, 1.165) is 16.9 Å². The standard InChI is InChI=1S/C30H34ClN3O5/c1-28(2,3)33-26(36)24-30-15-14-29(4,39-30)22(25(35)32-16-18-8-12-21(38-5)13-9-18)23(30)27(37)34(24)17-19-6-10-20(31)11-7-19/h6-15,22-24H,16-17H2,1-5H3,(H,32,35)(H,33,36)/t22-,23+,24-,29-,30+/m1/s1. The molecule has 3 heterocycles. The lowest BCUT2D eigenvalue weighted by molar-refractivity contribution is -0.146. The minimum Gasteiger partial charge on any atom is -0.497 e. The molecule has 5 rings (SSSR count). The first-order valence-corrected chi connectivity index (χ1v) is 13.4. The predicted molar refractivity (Wildman–Crippen MR) is 147 cm³/mol. The third-order valence-corrected chi connectivity index (χ3v) is 7.97. The van der Waals surface area contributed by atoms with Gasteiger partial charge >= 0.3 is 0 Å². The zero-order chi connectivity index (χ0) is 28.2. The van der Waals surface area contributed by atoms with Crippen LogP contribution in [0.5, 0.6) is 5.75 Å². The van der Waals surface area contributed by atoms with Gasteiger partial charge in [-0.25, -0.2) is 0 Å². The summed E-state index contributed by atoms with van der Waals surface area (Å²) in [6, 6.07) is 13.6. The second-order valence-electron chi connectivity index (χ2n) is 11.7. The molecule has 2 aromatic carbocycles. The molecule has 5 atom stereocenters. The first kappa shape index (κ1) is 27.2. The first-order chi connectivity index (χ1) is 18.4. The number of benzene rings is 2. The highest BCUT2D eigenvalue weighted by atomic mass is 35.5. The van der Waals surface area contributed by atoms with Crippen LogP contribution in [0.15, 0.2) is 60.7 Å². The molecule has 3 amide bonds. The lowest BCUT2D eigenvalue weighted by atomic mass is 9.70. The fourth-order valence-electron chi connectivity index (χ4n) is 6.07. The molecule has 0 aromatic heterocycles. The minimum atomic E-state index is -1.25. The van der Waals surface area contributed by atoms with Crippen molar-refractivity contribution < 1.29 is 23.9 Å². The van der Waals surface area contributed by atoms with E-state index in [4.69, 9.17) is 21.1 Å². The molecule has 2 saturated heterocycles. The number of likely N-dealkylation sites (tertiary alicyclic amines) is 1. The van der Waals surface area contributed by atoms with Crippen molar-refractivity contribution in [2.24, 2.45) is 11.8 Å². The van der Waals surface area contributed by atoms with Crippen LogP contribution in [-0.2, 0) is 32.2 Å². The molecule has 0 aliphatic carbocycles. The van der Waals surface area contributed by atoms with Crippen LogP contribution in [0, 0.1) is 11.8 Å². The number of carbonyl (C=O) groups excluding carboxylic acids is 3. The number of carbonyl (C=O) groups is 3. The Morgan fingerprint density at radius 3 is 2.28 bits per heavy atom. The summed E-state index contributed by atoms with van der Waals surface area (Å²) in [6.45, 7) is 7.95. The van der Waals surface area contributed by atoms with Gasteiger partial charge in [-0.15, -0.1) is 0 Å². The largest absolute Gasteiger partial charge is 0.497 e. The lowest BCUT2D eigenvalue weighted by Gasteiger charge is -2.35. The summed E-state index contributed by atoms with van der Waals surface area (Å²) in [5.41, 5.74) is -1.08. The Morgan fingerprint density at radius 2 is 1.67 bits per heavy atom. The molecule has 8 nitrogen and oxygen atoms in total. The first-order valence-electron chi connectivity index (χ1n) is 13.0. The van der Waals surface area contributed by atoms with Gasteiger partial charge < -0.3 is 25.0 Å². The number of hydrogen-bond acceptors (Lipinski definition) is 5. The number of methoxy groups -OCH3 is 1. The van der Waals surface area contributed by atoms with Gasteiger partial charge in [-0.1, -0.05) is 48.0 Å². The topological polar surface area (TPSA) is 97.0 Å². The smallest absolute Gasteiger partial charge is 0.246 e. The van der Waals surface area contributed by atoms with E-state index in [9.17, 15) is 14.4 Å². The third-order valence-electron chi connectivity index (χ3n) is 7.72. The van der Waals surface area contributed by atoms with E-state index in [1.807, 2.05) is 76.2 Å². The second-order valence-corrected chi connectivity index (χ2v) is 12.2. The molecular formula is C30H34ClN3O5. The van der Waals surface area contributed by atoms with Crippen LogP contribution in [0.1, 0.15) is 38.8 Å². The van der Waals surface area contributed by atoms with E-state index < -0.39 is 34.6 Å². The fraction of sp³-hybridized carbons (Fsp3) is 0.433. The summed E-state index contributed by atoms with van der Waals surface area (Å²) in [7, 11) is 1.60. The lowest BCUT2D eigenvalue weighted by Crippen LogP contribution is -2.57. The zero-order valence-electron chi connectivity index (χ0n) is 22.8. The van der Waals surface area contributed by atoms with Gasteiger partial charge in [0.25, 0.3) is 0 Å². The van der Waals surface area contributed by atoms with E-state index in [1.54, 1.807) is 24.1 Å². The van der Waals surface area contributed by atoms with Crippen LogP contribution in [0.25, 0.3) is 0 Å². The molecule has 2 aromatic rings. The van der Waals surface area contributed by atoms with E-state index in [1.165, 1.54) is 0 Å². The highest BCUT2D eigenvalue weighted by Gasteiger charge is 2.76. The minimum absolute atomic E-state index is 0.185. The third kappa shape index (κ3) is 4.80.